The van der Waals surface area contributed by atoms with Gasteiger partial charge in [-0.05, 0) is 32.7 Å². The summed E-state index contributed by atoms with van der Waals surface area (Å²) in [6.07, 6.45) is 3.24. The molecule has 2 heterocycles. The number of rotatable bonds is 4. The van der Waals surface area contributed by atoms with Crippen molar-refractivity contribution in [3.63, 3.8) is 0 Å². The van der Waals surface area contributed by atoms with Crippen LogP contribution >= 0.6 is 0 Å². The minimum Gasteiger partial charge on any atom is -0.375 e. The average Bonchev–Trinajstić information content (AvgIpc) is 2.47. The molecule has 4 nitrogen and oxygen atoms in total. The van der Waals surface area contributed by atoms with Crippen LogP contribution in [0.2, 0.25) is 0 Å². The molecule has 0 aromatic rings. The van der Waals surface area contributed by atoms with Gasteiger partial charge in [-0.25, -0.2) is 0 Å². The van der Waals surface area contributed by atoms with Crippen molar-refractivity contribution in [3.05, 3.63) is 0 Å². The highest BCUT2D eigenvalue weighted by Gasteiger charge is 2.45. The maximum absolute atomic E-state index is 6.20. The highest BCUT2D eigenvalue weighted by atomic mass is 16.5. The van der Waals surface area contributed by atoms with Gasteiger partial charge in [-0.2, -0.15) is 0 Å². The lowest BCUT2D eigenvalue weighted by atomic mass is 9.77. The zero-order valence-electron chi connectivity index (χ0n) is 13.0. The zero-order chi connectivity index (χ0) is 13.9. The molecule has 2 aliphatic rings. The van der Waals surface area contributed by atoms with Crippen LogP contribution in [0.3, 0.4) is 0 Å². The van der Waals surface area contributed by atoms with Crippen molar-refractivity contribution in [3.8, 4) is 0 Å². The molecule has 4 heteroatoms. The standard InChI is InChI=1S/C15H31N3O/c1-4-14(3)12-15(13-16,6-11-19-14)18-9-7-17(5-2)8-10-18/h4-13,16H2,1-3H3. The summed E-state index contributed by atoms with van der Waals surface area (Å²) in [5.74, 6) is 0. The van der Waals surface area contributed by atoms with Crippen molar-refractivity contribution in [2.24, 2.45) is 5.73 Å². The first-order valence-electron chi connectivity index (χ1n) is 7.89. The van der Waals surface area contributed by atoms with E-state index >= 15 is 0 Å². The van der Waals surface area contributed by atoms with E-state index in [4.69, 9.17) is 10.5 Å². The fourth-order valence-corrected chi connectivity index (χ4v) is 3.66. The Hall–Kier alpha value is -0.160. The highest BCUT2D eigenvalue weighted by Crippen LogP contribution is 2.38. The van der Waals surface area contributed by atoms with Crippen LogP contribution in [0.5, 0.6) is 0 Å². The number of nitrogens with two attached hydrogens (primary N) is 1. The summed E-state index contributed by atoms with van der Waals surface area (Å²) in [5, 5.41) is 0. The van der Waals surface area contributed by atoms with Gasteiger partial charge in [0.05, 0.1) is 5.60 Å². The van der Waals surface area contributed by atoms with Crippen molar-refractivity contribution in [1.29, 1.82) is 0 Å². The molecule has 2 saturated heterocycles. The molecule has 2 aliphatic heterocycles. The van der Waals surface area contributed by atoms with E-state index in [-0.39, 0.29) is 11.1 Å². The average molecular weight is 269 g/mol. The third kappa shape index (κ3) is 3.13. The fraction of sp³-hybridized carbons (Fsp3) is 1.00. The molecule has 0 aromatic heterocycles. The third-order valence-electron chi connectivity index (χ3n) is 5.34. The quantitative estimate of drug-likeness (QED) is 0.835. The lowest BCUT2D eigenvalue weighted by molar-refractivity contribution is -0.134. The molecule has 0 amide bonds. The fourth-order valence-electron chi connectivity index (χ4n) is 3.66. The summed E-state index contributed by atoms with van der Waals surface area (Å²) in [4.78, 5) is 5.18. The summed E-state index contributed by atoms with van der Waals surface area (Å²) in [5.41, 5.74) is 6.38. The summed E-state index contributed by atoms with van der Waals surface area (Å²) >= 11 is 0. The highest BCUT2D eigenvalue weighted by molar-refractivity contribution is 5.01. The summed E-state index contributed by atoms with van der Waals surface area (Å²) < 4.78 is 6.01. The predicted molar refractivity (Wildman–Crippen MR) is 79.4 cm³/mol. The van der Waals surface area contributed by atoms with Crippen molar-refractivity contribution >= 4 is 0 Å². The van der Waals surface area contributed by atoms with E-state index in [0.29, 0.717) is 0 Å². The van der Waals surface area contributed by atoms with Gasteiger partial charge in [-0.3, -0.25) is 4.90 Å². The smallest absolute Gasteiger partial charge is 0.0670 e. The normalized spacial score (nSPS) is 38.5. The van der Waals surface area contributed by atoms with Crippen LogP contribution in [-0.4, -0.2) is 66.8 Å². The van der Waals surface area contributed by atoms with Crippen LogP contribution in [0, 0.1) is 0 Å². The lowest BCUT2D eigenvalue weighted by Gasteiger charge is -2.53. The Balaban J connectivity index is 2.06. The van der Waals surface area contributed by atoms with Gasteiger partial charge in [0.25, 0.3) is 0 Å². The molecule has 2 atom stereocenters. The maximum atomic E-state index is 6.20. The molecule has 0 spiro atoms. The molecule has 0 radical (unpaired) electrons. The van der Waals surface area contributed by atoms with E-state index in [9.17, 15) is 0 Å². The van der Waals surface area contributed by atoms with Gasteiger partial charge < -0.3 is 15.4 Å². The second-order valence-corrected chi connectivity index (χ2v) is 6.43. The Labute approximate surface area is 118 Å². The van der Waals surface area contributed by atoms with Gasteiger partial charge in [-0.1, -0.05) is 13.8 Å². The van der Waals surface area contributed by atoms with E-state index in [0.717, 1.165) is 45.5 Å². The molecule has 2 unspecified atom stereocenters. The number of piperazine rings is 1. The second kappa shape index (κ2) is 6.08. The molecule has 0 aliphatic carbocycles. The minimum absolute atomic E-state index is 0.0134. The molecule has 0 saturated carbocycles. The van der Waals surface area contributed by atoms with E-state index in [2.05, 4.69) is 30.6 Å². The van der Waals surface area contributed by atoms with Crippen molar-refractivity contribution in [2.45, 2.75) is 51.2 Å². The van der Waals surface area contributed by atoms with Gasteiger partial charge in [0.15, 0.2) is 0 Å². The number of nitrogens with zero attached hydrogens (tertiary/aromatic N) is 2. The summed E-state index contributed by atoms with van der Waals surface area (Å²) in [6, 6.07) is 0. The molecule has 19 heavy (non-hydrogen) atoms. The van der Waals surface area contributed by atoms with Crippen LogP contribution in [0.4, 0.5) is 0 Å². The number of hydrogen-bond acceptors (Lipinski definition) is 4. The van der Waals surface area contributed by atoms with Crippen LogP contribution < -0.4 is 5.73 Å². The van der Waals surface area contributed by atoms with Gasteiger partial charge in [0, 0.05) is 44.9 Å². The van der Waals surface area contributed by atoms with Crippen LogP contribution in [-0.2, 0) is 4.74 Å². The lowest BCUT2D eigenvalue weighted by Crippen LogP contribution is -2.64. The molecule has 0 bridgehead atoms. The van der Waals surface area contributed by atoms with Gasteiger partial charge in [-0.15, -0.1) is 0 Å². The van der Waals surface area contributed by atoms with Crippen molar-refractivity contribution in [1.82, 2.24) is 9.80 Å². The molecule has 2 rings (SSSR count). The van der Waals surface area contributed by atoms with Crippen LogP contribution in [0.15, 0.2) is 0 Å². The monoisotopic (exact) mass is 269 g/mol. The predicted octanol–water partition coefficient (Wildman–Crippen LogP) is 1.30. The first kappa shape index (κ1) is 15.2. The Kier molecular flexibility index (Phi) is 4.88. The Morgan fingerprint density at radius 2 is 1.84 bits per heavy atom. The van der Waals surface area contributed by atoms with Gasteiger partial charge in [0.2, 0.25) is 0 Å². The SMILES string of the molecule is CCN1CCN(C2(CN)CCOC(C)(CC)C2)CC1. The van der Waals surface area contributed by atoms with Gasteiger partial charge >= 0.3 is 0 Å². The van der Waals surface area contributed by atoms with E-state index < -0.39 is 0 Å². The second-order valence-electron chi connectivity index (χ2n) is 6.43. The van der Waals surface area contributed by atoms with Crippen LogP contribution in [0.25, 0.3) is 0 Å². The van der Waals surface area contributed by atoms with E-state index in [1.165, 1.54) is 19.6 Å². The van der Waals surface area contributed by atoms with Crippen LogP contribution in [0.1, 0.15) is 40.0 Å². The number of hydrogen-bond donors (Lipinski definition) is 1. The largest absolute Gasteiger partial charge is 0.375 e. The van der Waals surface area contributed by atoms with Crippen molar-refractivity contribution < 1.29 is 4.74 Å². The first-order chi connectivity index (χ1) is 9.07. The van der Waals surface area contributed by atoms with E-state index in [1.807, 2.05) is 0 Å². The number of likely N-dealkylation sites (N-methyl/N-ethyl adjacent to an activating group) is 1. The summed E-state index contributed by atoms with van der Waals surface area (Å²) in [6.45, 7) is 14.2. The Morgan fingerprint density at radius 3 is 2.37 bits per heavy atom. The van der Waals surface area contributed by atoms with E-state index in [1.54, 1.807) is 0 Å². The molecule has 0 aromatic carbocycles. The molecular weight excluding hydrogens is 238 g/mol. The third-order valence-corrected chi connectivity index (χ3v) is 5.34. The molecule has 2 fully saturated rings. The first-order valence-corrected chi connectivity index (χ1v) is 7.89. The Bertz CT molecular complexity index is 291. The minimum atomic E-state index is 0.0134. The van der Waals surface area contributed by atoms with Gasteiger partial charge in [0.1, 0.15) is 0 Å². The number of ether oxygens (including phenoxy) is 1. The molecule has 2 N–H and O–H groups in total. The maximum Gasteiger partial charge on any atom is 0.0670 e. The molecular formula is C15H31N3O. The van der Waals surface area contributed by atoms with Crippen molar-refractivity contribution in [2.75, 3.05) is 45.9 Å². The Morgan fingerprint density at radius 1 is 1.16 bits per heavy atom. The topological polar surface area (TPSA) is 41.7 Å². The molecule has 112 valence electrons. The summed E-state index contributed by atoms with van der Waals surface area (Å²) in [7, 11) is 0. The zero-order valence-corrected chi connectivity index (χ0v) is 13.0.